The van der Waals surface area contributed by atoms with Crippen LogP contribution in [0.3, 0.4) is 0 Å². The van der Waals surface area contributed by atoms with Crippen LogP contribution >= 0.6 is 0 Å². The van der Waals surface area contributed by atoms with Gasteiger partial charge in [-0.15, -0.1) is 0 Å². The number of hydrogen-bond acceptors (Lipinski definition) is 5. The average Bonchev–Trinajstić information content (AvgIpc) is 2.96. The van der Waals surface area contributed by atoms with Gasteiger partial charge in [-0.3, -0.25) is 14.4 Å². The van der Waals surface area contributed by atoms with Gasteiger partial charge in [0, 0.05) is 31.8 Å². The number of nitrogens with zero attached hydrogens (tertiary/aromatic N) is 1. The lowest BCUT2D eigenvalue weighted by molar-refractivity contribution is -0.124. The topological polar surface area (TPSA) is 113 Å². The lowest BCUT2D eigenvalue weighted by Gasteiger charge is -2.10. The van der Waals surface area contributed by atoms with E-state index in [4.69, 9.17) is 0 Å². The van der Waals surface area contributed by atoms with Gasteiger partial charge in [-0.25, -0.2) is 8.42 Å². The highest BCUT2D eigenvalue weighted by molar-refractivity contribution is 7.91. The summed E-state index contributed by atoms with van der Waals surface area (Å²) in [5.74, 6) is -0.961. The lowest BCUT2D eigenvalue weighted by atomic mass is 10.1. The van der Waals surface area contributed by atoms with Crippen molar-refractivity contribution in [3.8, 4) is 0 Å². The predicted molar refractivity (Wildman–Crippen MR) is 102 cm³/mol. The van der Waals surface area contributed by atoms with Crippen LogP contribution < -0.4 is 10.6 Å². The standard InChI is InChI=1S/C18H23N3O5S/c1-21(2)18(24)14-6-3-13(4-7-14)5-8-16(22)19-11-17(23)20-15-9-10-27(25,26)12-15/h3-8,15H,9-12H2,1-2H3,(H,19,22)(H,20,23)/b8-5+. The molecule has 1 aromatic rings. The number of sulfone groups is 1. The summed E-state index contributed by atoms with van der Waals surface area (Å²) in [6, 6.07) is 6.38. The molecule has 2 N–H and O–H groups in total. The van der Waals surface area contributed by atoms with E-state index in [0.29, 0.717) is 12.0 Å². The molecule has 0 saturated carbocycles. The zero-order chi connectivity index (χ0) is 20.0. The van der Waals surface area contributed by atoms with Gasteiger partial charge in [0.05, 0.1) is 18.1 Å². The van der Waals surface area contributed by atoms with Gasteiger partial charge >= 0.3 is 0 Å². The molecule has 1 aliphatic heterocycles. The Bertz CT molecular complexity index is 844. The number of rotatable bonds is 6. The SMILES string of the molecule is CN(C)C(=O)c1ccc(/C=C/C(=O)NCC(=O)NC2CCS(=O)(=O)C2)cc1. The third kappa shape index (κ3) is 6.52. The smallest absolute Gasteiger partial charge is 0.253 e. The first-order chi connectivity index (χ1) is 12.7. The Kier molecular flexibility index (Phi) is 6.73. The molecule has 9 heteroatoms. The van der Waals surface area contributed by atoms with E-state index in [0.717, 1.165) is 5.56 Å². The molecule has 0 aliphatic carbocycles. The highest BCUT2D eigenvalue weighted by Crippen LogP contribution is 2.11. The van der Waals surface area contributed by atoms with Gasteiger partial charge in [0.25, 0.3) is 5.91 Å². The zero-order valence-electron chi connectivity index (χ0n) is 15.3. The summed E-state index contributed by atoms with van der Waals surface area (Å²) in [5, 5.41) is 5.04. The molecule has 0 bridgehead atoms. The van der Waals surface area contributed by atoms with Gasteiger partial charge in [-0.05, 0) is 30.2 Å². The summed E-state index contributed by atoms with van der Waals surface area (Å²) in [6.07, 6.45) is 3.25. The second-order valence-electron chi connectivity index (χ2n) is 6.54. The molecular weight excluding hydrogens is 370 g/mol. The van der Waals surface area contributed by atoms with E-state index in [1.54, 1.807) is 44.4 Å². The molecular formula is C18H23N3O5S. The van der Waals surface area contributed by atoms with E-state index in [2.05, 4.69) is 10.6 Å². The summed E-state index contributed by atoms with van der Waals surface area (Å²) in [4.78, 5) is 36.8. The zero-order valence-corrected chi connectivity index (χ0v) is 16.1. The van der Waals surface area contributed by atoms with Gasteiger partial charge in [-0.2, -0.15) is 0 Å². The van der Waals surface area contributed by atoms with Crippen molar-refractivity contribution in [2.75, 3.05) is 32.1 Å². The largest absolute Gasteiger partial charge is 0.351 e. The molecule has 0 spiro atoms. The number of carbonyl (C=O) groups excluding carboxylic acids is 3. The monoisotopic (exact) mass is 393 g/mol. The molecule has 27 heavy (non-hydrogen) atoms. The second kappa shape index (κ2) is 8.81. The number of amides is 3. The molecule has 1 atom stereocenters. The minimum Gasteiger partial charge on any atom is -0.351 e. The van der Waals surface area contributed by atoms with Crippen molar-refractivity contribution in [3.05, 3.63) is 41.5 Å². The number of carbonyl (C=O) groups is 3. The Balaban J connectivity index is 1.78. The van der Waals surface area contributed by atoms with Gasteiger partial charge in [0.2, 0.25) is 11.8 Å². The van der Waals surface area contributed by atoms with Crippen LogP contribution in [0.15, 0.2) is 30.3 Å². The molecule has 1 heterocycles. The van der Waals surface area contributed by atoms with E-state index >= 15 is 0 Å². The number of hydrogen-bond donors (Lipinski definition) is 2. The minimum absolute atomic E-state index is 0.0566. The summed E-state index contributed by atoms with van der Waals surface area (Å²) >= 11 is 0. The van der Waals surface area contributed by atoms with Crippen molar-refractivity contribution in [2.24, 2.45) is 0 Å². The molecule has 146 valence electrons. The summed E-state index contributed by atoms with van der Waals surface area (Å²) in [6.45, 7) is -0.226. The van der Waals surface area contributed by atoms with Gasteiger partial charge in [0.15, 0.2) is 9.84 Å². The van der Waals surface area contributed by atoms with E-state index in [1.165, 1.54) is 11.0 Å². The third-order valence-electron chi connectivity index (χ3n) is 4.01. The second-order valence-corrected chi connectivity index (χ2v) is 8.77. The first-order valence-electron chi connectivity index (χ1n) is 8.44. The van der Waals surface area contributed by atoms with Crippen LogP contribution in [0.2, 0.25) is 0 Å². The maximum atomic E-state index is 11.8. The first kappa shape index (κ1) is 20.6. The molecule has 3 amide bonds. The number of nitrogens with one attached hydrogen (secondary N) is 2. The highest BCUT2D eigenvalue weighted by atomic mass is 32.2. The summed E-state index contributed by atoms with van der Waals surface area (Å²) in [5.41, 5.74) is 1.29. The van der Waals surface area contributed by atoms with Crippen LogP contribution in [0, 0.1) is 0 Å². The van der Waals surface area contributed by atoms with E-state index < -0.39 is 27.7 Å². The molecule has 0 aromatic heterocycles. The minimum atomic E-state index is -3.06. The predicted octanol–water partition coefficient (Wildman–Crippen LogP) is -0.179. The Morgan fingerprint density at radius 1 is 1.19 bits per heavy atom. The van der Waals surface area contributed by atoms with Gasteiger partial charge < -0.3 is 15.5 Å². The highest BCUT2D eigenvalue weighted by Gasteiger charge is 2.28. The molecule has 1 fully saturated rings. The van der Waals surface area contributed by atoms with Crippen molar-refractivity contribution in [1.82, 2.24) is 15.5 Å². The van der Waals surface area contributed by atoms with E-state index in [-0.39, 0.29) is 24.0 Å². The van der Waals surface area contributed by atoms with Crippen LogP contribution in [0.4, 0.5) is 0 Å². The van der Waals surface area contributed by atoms with Crippen LogP contribution in [0.25, 0.3) is 6.08 Å². The first-order valence-corrected chi connectivity index (χ1v) is 10.3. The Labute approximate surface area is 158 Å². The lowest BCUT2D eigenvalue weighted by Crippen LogP contribution is -2.42. The van der Waals surface area contributed by atoms with Crippen molar-refractivity contribution in [2.45, 2.75) is 12.5 Å². The maximum absolute atomic E-state index is 11.8. The fourth-order valence-electron chi connectivity index (χ4n) is 2.58. The van der Waals surface area contributed by atoms with Crippen LogP contribution in [0.5, 0.6) is 0 Å². The Morgan fingerprint density at radius 3 is 2.41 bits per heavy atom. The van der Waals surface area contributed by atoms with Crippen LogP contribution in [-0.2, 0) is 19.4 Å². The molecule has 1 saturated heterocycles. The molecule has 1 unspecified atom stereocenters. The molecule has 1 aliphatic rings. The molecule has 8 nitrogen and oxygen atoms in total. The fraction of sp³-hybridized carbons (Fsp3) is 0.389. The summed E-state index contributed by atoms with van der Waals surface area (Å²) < 4.78 is 22.7. The average molecular weight is 393 g/mol. The van der Waals surface area contributed by atoms with Crippen molar-refractivity contribution >= 4 is 33.6 Å². The molecule has 2 rings (SSSR count). The maximum Gasteiger partial charge on any atom is 0.253 e. The van der Waals surface area contributed by atoms with Crippen LogP contribution in [0.1, 0.15) is 22.3 Å². The fourth-order valence-corrected chi connectivity index (χ4v) is 4.25. The van der Waals surface area contributed by atoms with Gasteiger partial charge in [-0.1, -0.05) is 12.1 Å². The molecule has 0 radical (unpaired) electrons. The summed E-state index contributed by atoms with van der Waals surface area (Å²) in [7, 11) is 0.276. The van der Waals surface area contributed by atoms with Crippen molar-refractivity contribution < 1.29 is 22.8 Å². The Morgan fingerprint density at radius 2 is 1.85 bits per heavy atom. The quantitative estimate of drug-likeness (QED) is 0.651. The van der Waals surface area contributed by atoms with Crippen molar-refractivity contribution in [1.29, 1.82) is 0 Å². The van der Waals surface area contributed by atoms with Gasteiger partial charge in [0.1, 0.15) is 0 Å². The van der Waals surface area contributed by atoms with E-state index in [1.807, 2.05) is 0 Å². The van der Waals surface area contributed by atoms with Crippen LogP contribution in [-0.4, -0.2) is 69.2 Å². The Hall–Kier alpha value is -2.68. The normalized spacial score (nSPS) is 18.2. The number of benzene rings is 1. The van der Waals surface area contributed by atoms with Crippen molar-refractivity contribution in [3.63, 3.8) is 0 Å². The van der Waals surface area contributed by atoms with E-state index in [9.17, 15) is 22.8 Å². The third-order valence-corrected chi connectivity index (χ3v) is 5.78. The molecule has 1 aromatic carbocycles.